The van der Waals surface area contributed by atoms with Gasteiger partial charge in [0.15, 0.2) is 0 Å². The van der Waals surface area contributed by atoms with Crippen LogP contribution in [0.25, 0.3) is 0 Å². The van der Waals surface area contributed by atoms with Gasteiger partial charge in [-0.1, -0.05) is 60.1 Å². The standard InChI is InChI=1S/C25H34BrN5O2/c1-18(2)27-11-12-28-24(32)16-30(23-13-22(26)10-9-19(23)3)17-25(33)29(4)31-14-20-7-5-6-8-21(20)15-31/h5-10,13,18,27H,11-12,14-17H2,1-4H3,(H,28,32). The molecule has 2 aromatic carbocycles. The second kappa shape index (κ2) is 11.6. The van der Waals surface area contributed by atoms with Crippen molar-refractivity contribution in [3.8, 4) is 0 Å². The molecular formula is C25H34BrN5O2. The van der Waals surface area contributed by atoms with Gasteiger partial charge < -0.3 is 15.5 Å². The van der Waals surface area contributed by atoms with Crippen LogP contribution in [0.3, 0.4) is 0 Å². The number of hydrogen-bond donors (Lipinski definition) is 2. The molecule has 0 aromatic heterocycles. The summed E-state index contributed by atoms with van der Waals surface area (Å²) < 4.78 is 0.908. The summed E-state index contributed by atoms with van der Waals surface area (Å²) in [7, 11) is 1.80. The number of nitrogens with zero attached hydrogens (tertiary/aromatic N) is 3. The van der Waals surface area contributed by atoms with Crippen LogP contribution in [0.5, 0.6) is 0 Å². The molecule has 0 bridgehead atoms. The van der Waals surface area contributed by atoms with Gasteiger partial charge in [-0.05, 0) is 35.7 Å². The Balaban J connectivity index is 1.68. The van der Waals surface area contributed by atoms with Gasteiger partial charge in [0.05, 0.1) is 13.1 Å². The van der Waals surface area contributed by atoms with Crippen molar-refractivity contribution in [1.82, 2.24) is 20.7 Å². The molecule has 2 amide bonds. The highest BCUT2D eigenvalue weighted by Gasteiger charge is 2.27. The molecule has 0 saturated heterocycles. The van der Waals surface area contributed by atoms with Crippen LogP contribution in [0, 0.1) is 6.92 Å². The second-order valence-corrected chi connectivity index (χ2v) is 9.67. The molecule has 1 heterocycles. The largest absolute Gasteiger partial charge is 0.353 e. The third kappa shape index (κ3) is 7.03. The minimum Gasteiger partial charge on any atom is -0.353 e. The average molecular weight is 516 g/mol. The lowest BCUT2D eigenvalue weighted by Gasteiger charge is -2.32. The summed E-state index contributed by atoms with van der Waals surface area (Å²) in [5.41, 5.74) is 4.36. The Morgan fingerprint density at radius 2 is 1.73 bits per heavy atom. The highest BCUT2D eigenvalue weighted by atomic mass is 79.9. The molecule has 0 unspecified atom stereocenters. The summed E-state index contributed by atoms with van der Waals surface area (Å²) in [5, 5.41) is 9.96. The van der Waals surface area contributed by atoms with Gasteiger partial charge in [0.25, 0.3) is 5.91 Å². The molecule has 0 saturated carbocycles. The molecule has 0 fully saturated rings. The van der Waals surface area contributed by atoms with E-state index in [-0.39, 0.29) is 24.9 Å². The van der Waals surface area contributed by atoms with Gasteiger partial charge in [-0.3, -0.25) is 14.6 Å². The lowest BCUT2D eigenvalue weighted by molar-refractivity contribution is -0.145. The van der Waals surface area contributed by atoms with E-state index in [1.54, 1.807) is 12.1 Å². The number of rotatable bonds is 10. The van der Waals surface area contributed by atoms with E-state index in [2.05, 4.69) is 52.5 Å². The first-order chi connectivity index (χ1) is 15.7. The van der Waals surface area contributed by atoms with E-state index in [1.165, 1.54) is 11.1 Å². The number of hydrogen-bond acceptors (Lipinski definition) is 5. The number of hydrazine groups is 1. The Kier molecular flexibility index (Phi) is 8.88. The Hall–Kier alpha value is -2.42. The Morgan fingerprint density at radius 3 is 2.36 bits per heavy atom. The minimum atomic E-state index is -0.107. The lowest BCUT2D eigenvalue weighted by atomic mass is 10.1. The predicted octanol–water partition coefficient (Wildman–Crippen LogP) is 3.07. The van der Waals surface area contributed by atoms with E-state index in [0.29, 0.717) is 32.2 Å². The number of benzene rings is 2. The van der Waals surface area contributed by atoms with Gasteiger partial charge >= 0.3 is 0 Å². The third-order valence-corrected chi connectivity index (χ3v) is 6.27. The van der Waals surface area contributed by atoms with Crippen molar-refractivity contribution in [2.75, 3.05) is 38.1 Å². The Morgan fingerprint density at radius 1 is 1.06 bits per heavy atom. The summed E-state index contributed by atoms with van der Waals surface area (Å²) in [6.07, 6.45) is 0. The number of aryl methyl sites for hydroxylation is 1. The molecule has 2 N–H and O–H groups in total. The molecule has 3 rings (SSSR count). The maximum atomic E-state index is 13.3. The van der Waals surface area contributed by atoms with Gasteiger partial charge in [-0.15, -0.1) is 0 Å². The van der Waals surface area contributed by atoms with Crippen molar-refractivity contribution in [3.63, 3.8) is 0 Å². The minimum absolute atomic E-state index is 0.0588. The molecule has 0 radical (unpaired) electrons. The van der Waals surface area contributed by atoms with E-state index < -0.39 is 0 Å². The van der Waals surface area contributed by atoms with Crippen LogP contribution in [-0.4, -0.2) is 61.1 Å². The number of halogens is 1. The van der Waals surface area contributed by atoms with Crippen molar-refractivity contribution in [2.24, 2.45) is 0 Å². The fraction of sp³-hybridized carbons (Fsp3) is 0.440. The van der Waals surface area contributed by atoms with E-state index in [9.17, 15) is 9.59 Å². The molecule has 8 heteroatoms. The number of nitrogens with one attached hydrogen (secondary N) is 2. The Bertz CT molecular complexity index is 956. The molecule has 0 aliphatic carbocycles. The zero-order valence-electron chi connectivity index (χ0n) is 19.9. The highest BCUT2D eigenvalue weighted by Crippen LogP contribution is 2.26. The maximum Gasteiger partial charge on any atom is 0.256 e. The van der Waals surface area contributed by atoms with Gasteiger partial charge in [-0.25, -0.2) is 5.01 Å². The van der Waals surface area contributed by atoms with Crippen LogP contribution in [0.2, 0.25) is 0 Å². The van der Waals surface area contributed by atoms with Crippen molar-refractivity contribution in [1.29, 1.82) is 0 Å². The summed E-state index contributed by atoms with van der Waals surface area (Å²) in [6, 6.07) is 14.5. The zero-order chi connectivity index (χ0) is 24.0. The molecule has 0 atom stereocenters. The second-order valence-electron chi connectivity index (χ2n) is 8.75. The molecule has 0 spiro atoms. The molecule has 1 aliphatic rings. The number of likely N-dealkylation sites (N-methyl/N-ethyl adjacent to an activating group) is 1. The van der Waals surface area contributed by atoms with Crippen LogP contribution in [-0.2, 0) is 22.7 Å². The predicted molar refractivity (Wildman–Crippen MR) is 136 cm³/mol. The zero-order valence-corrected chi connectivity index (χ0v) is 21.5. The first kappa shape index (κ1) is 25.2. The van der Waals surface area contributed by atoms with E-state index in [0.717, 1.165) is 15.7 Å². The van der Waals surface area contributed by atoms with Crippen molar-refractivity contribution < 1.29 is 9.59 Å². The topological polar surface area (TPSA) is 67.9 Å². The number of carbonyl (C=O) groups excluding carboxylic acids is 2. The van der Waals surface area contributed by atoms with Crippen LogP contribution in [0.15, 0.2) is 46.9 Å². The van der Waals surface area contributed by atoms with E-state index in [4.69, 9.17) is 0 Å². The fourth-order valence-electron chi connectivity index (χ4n) is 3.89. The monoisotopic (exact) mass is 515 g/mol. The molecule has 7 nitrogen and oxygen atoms in total. The maximum absolute atomic E-state index is 13.3. The first-order valence-corrected chi connectivity index (χ1v) is 12.1. The van der Waals surface area contributed by atoms with E-state index >= 15 is 0 Å². The quantitative estimate of drug-likeness (QED) is 0.476. The molecular weight excluding hydrogens is 482 g/mol. The number of amides is 2. The van der Waals surface area contributed by atoms with Crippen LogP contribution in [0.1, 0.15) is 30.5 Å². The van der Waals surface area contributed by atoms with Gasteiger partial charge in [0.2, 0.25) is 5.91 Å². The van der Waals surface area contributed by atoms with Gasteiger partial charge in [-0.2, -0.15) is 0 Å². The number of carbonyl (C=O) groups is 2. The fourth-order valence-corrected chi connectivity index (χ4v) is 4.24. The smallest absolute Gasteiger partial charge is 0.256 e. The van der Waals surface area contributed by atoms with Gasteiger partial charge in [0.1, 0.15) is 0 Å². The molecule has 2 aromatic rings. The van der Waals surface area contributed by atoms with Crippen molar-refractivity contribution in [3.05, 3.63) is 63.6 Å². The third-order valence-electron chi connectivity index (χ3n) is 5.78. The van der Waals surface area contributed by atoms with Crippen molar-refractivity contribution >= 4 is 33.4 Å². The Labute approximate surface area is 205 Å². The normalized spacial score (nSPS) is 13.2. The number of anilines is 1. The van der Waals surface area contributed by atoms with Crippen molar-refractivity contribution in [2.45, 2.75) is 39.9 Å². The SMILES string of the molecule is Cc1ccc(Br)cc1N(CC(=O)NCCNC(C)C)CC(=O)N(C)N1Cc2ccccc2C1. The summed E-state index contributed by atoms with van der Waals surface area (Å²) in [6.45, 7) is 9.01. The van der Waals surface area contributed by atoms with Crippen LogP contribution >= 0.6 is 15.9 Å². The van der Waals surface area contributed by atoms with Crippen LogP contribution in [0.4, 0.5) is 5.69 Å². The molecule has 33 heavy (non-hydrogen) atoms. The van der Waals surface area contributed by atoms with Gasteiger partial charge in [0, 0.05) is 49.4 Å². The molecule has 178 valence electrons. The summed E-state index contributed by atoms with van der Waals surface area (Å²) >= 11 is 3.52. The first-order valence-electron chi connectivity index (χ1n) is 11.3. The number of fused-ring (bicyclic) bond motifs is 1. The van der Waals surface area contributed by atoms with Crippen LogP contribution < -0.4 is 15.5 Å². The molecule has 1 aliphatic heterocycles. The lowest BCUT2D eigenvalue weighted by Crippen LogP contribution is -2.48. The average Bonchev–Trinajstić information content (AvgIpc) is 3.21. The summed E-state index contributed by atoms with van der Waals surface area (Å²) in [4.78, 5) is 27.8. The van der Waals surface area contributed by atoms with E-state index in [1.807, 2.05) is 47.2 Å². The summed E-state index contributed by atoms with van der Waals surface area (Å²) in [5.74, 6) is -0.166. The highest BCUT2D eigenvalue weighted by molar-refractivity contribution is 9.10.